The van der Waals surface area contributed by atoms with Gasteiger partial charge in [-0.2, -0.15) is 8.78 Å². The normalized spacial score (nSPS) is 10.8. The SMILES string of the molecule is Oc1ccc(-c2c(F)c(F)c(O)c(F)c2F)c(O)c1O. The van der Waals surface area contributed by atoms with Gasteiger partial charge >= 0.3 is 0 Å². The first-order valence-corrected chi connectivity index (χ1v) is 5.06. The number of hydrogen-bond acceptors (Lipinski definition) is 4. The maximum atomic E-state index is 13.6. The van der Waals surface area contributed by atoms with E-state index in [1.54, 1.807) is 0 Å². The monoisotopic (exact) mass is 290 g/mol. The Labute approximate surface area is 108 Å². The summed E-state index contributed by atoms with van der Waals surface area (Å²) in [6.07, 6.45) is 0. The van der Waals surface area contributed by atoms with Crippen LogP contribution in [0.5, 0.6) is 23.0 Å². The van der Waals surface area contributed by atoms with E-state index in [1.807, 2.05) is 0 Å². The van der Waals surface area contributed by atoms with Gasteiger partial charge in [-0.1, -0.05) is 0 Å². The summed E-state index contributed by atoms with van der Waals surface area (Å²) in [6, 6.07) is 1.49. The number of aromatic hydroxyl groups is 4. The van der Waals surface area contributed by atoms with Crippen LogP contribution in [0.2, 0.25) is 0 Å². The Morgan fingerprint density at radius 2 is 1.10 bits per heavy atom. The van der Waals surface area contributed by atoms with Gasteiger partial charge in [-0.05, 0) is 12.1 Å². The van der Waals surface area contributed by atoms with E-state index in [-0.39, 0.29) is 0 Å². The summed E-state index contributed by atoms with van der Waals surface area (Å²) in [5, 5.41) is 36.6. The Kier molecular flexibility index (Phi) is 3.09. The quantitative estimate of drug-likeness (QED) is 0.370. The average molecular weight is 290 g/mol. The van der Waals surface area contributed by atoms with Gasteiger partial charge < -0.3 is 20.4 Å². The van der Waals surface area contributed by atoms with Gasteiger partial charge in [0.15, 0.2) is 28.9 Å². The molecular formula is C12H6F4O4. The van der Waals surface area contributed by atoms with Gasteiger partial charge in [0.05, 0.1) is 5.56 Å². The standard InChI is InChI=1S/C12H6F4O4/c13-6-5(7(14)9(16)12(20)8(6)15)3-1-2-4(17)11(19)10(3)18/h1-2,17-20H. The summed E-state index contributed by atoms with van der Waals surface area (Å²) in [4.78, 5) is 0. The molecule has 0 fully saturated rings. The molecule has 0 aromatic heterocycles. The second-order valence-corrected chi connectivity index (χ2v) is 3.81. The van der Waals surface area contributed by atoms with Crippen LogP contribution in [0.4, 0.5) is 17.6 Å². The maximum Gasteiger partial charge on any atom is 0.204 e. The smallest absolute Gasteiger partial charge is 0.204 e. The third-order valence-corrected chi connectivity index (χ3v) is 2.64. The molecule has 0 saturated heterocycles. The summed E-state index contributed by atoms with van der Waals surface area (Å²) >= 11 is 0. The van der Waals surface area contributed by atoms with E-state index >= 15 is 0 Å². The van der Waals surface area contributed by atoms with Crippen LogP contribution in [0.1, 0.15) is 0 Å². The fourth-order valence-corrected chi connectivity index (χ4v) is 1.63. The van der Waals surface area contributed by atoms with Crippen LogP contribution >= 0.6 is 0 Å². The van der Waals surface area contributed by atoms with Crippen molar-refractivity contribution >= 4 is 0 Å². The molecule has 4 N–H and O–H groups in total. The second-order valence-electron chi connectivity index (χ2n) is 3.81. The summed E-state index contributed by atoms with van der Waals surface area (Å²) in [5.74, 6) is -12.9. The molecule has 0 atom stereocenters. The molecule has 0 bridgehead atoms. The number of benzene rings is 2. The number of phenols is 4. The summed E-state index contributed by atoms with van der Waals surface area (Å²) < 4.78 is 53.6. The maximum absolute atomic E-state index is 13.6. The average Bonchev–Trinajstić information content (AvgIpc) is 2.43. The van der Waals surface area contributed by atoms with Gasteiger partial charge in [0.25, 0.3) is 0 Å². The highest BCUT2D eigenvalue weighted by Crippen LogP contribution is 2.45. The number of rotatable bonds is 1. The van der Waals surface area contributed by atoms with Crippen molar-refractivity contribution in [3.63, 3.8) is 0 Å². The van der Waals surface area contributed by atoms with Crippen molar-refractivity contribution in [3.8, 4) is 34.1 Å². The lowest BCUT2D eigenvalue weighted by molar-refractivity contribution is 0.356. The van der Waals surface area contributed by atoms with Crippen LogP contribution in [0.25, 0.3) is 11.1 Å². The zero-order chi connectivity index (χ0) is 15.2. The molecular weight excluding hydrogens is 284 g/mol. The van der Waals surface area contributed by atoms with E-state index in [1.165, 1.54) is 0 Å². The highest BCUT2D eigenvalue weighted by Gasteiger charge is 2.28. The first kappa shape index (κ1) is 13.8. The van der Waals surface area contributed by atoms with Crippen molar-refractivity contribution in [1.82, 2.24) is 0 Å². The second kappa shape index (κ2) is 4.48. The molecule has 0 aliphatic carbocycles. The van der Waals surface area contributed by atoms with Crippen molar-refractivity contribution in [2.45, 2.75) is 0 Å². The van der Waals surface area contributed by atoms with Gasteiger partial charge in [0, 0.05) is 5.56 Å². The highest BCUT2D eigenvalue weighted by atomic mass is 19.2. The number of phenolic OH excluding ortho intramolecular Hbond substituents is 4. The minimum Gasteiger partial charge on any atom is -0.504 e. The molecule has 8 heteroatoms. The minimum atomic E-state index is -2.05. The van der Waals surface area contributed by atoms with Crippen LogP contribution in [0.3, 0.4) is 0 Å². The first-order chi connectivity index (χ1) is 9.27. The Morgan fingerprint density at radius 1 is 0.600 bits per heavy atom. The van der Waals surface area contributed by atoms with E-state index in [2.05, 4.69) is 0 Å². The van der Waals surface area contributed by atoms with Gasteiger partial charge in [-0.3, -0.25) is 0 Å². The molecule has 0 saturated carbocycles. The third kappa shape index (κ3) is 1.77. The van der Waals surface area contributed by atoms with Crippen LogP contribution in [0.15, 0.2) is 12.1 Å². The Hall–Kier alpha value is -2.64. The minimum absolute atomic E-state index is 0.738. The van der Waals surface area contributed by atoms with Crippen molar-refractivity contribution in [2.24, 2.45) is 0 Å². The molecule has 2 aromatic rings. The lowest BCUT2D eigenvalue weighted by atomic mass is 10.0. The van der Waals surface area contributed by atoms with E-state index in [4.69, 9.17) is 10.2 Å². The van der Waals surface area contributed by atoms with Crippen molar-refractivity contribution < 1.29 is 38.0 Å². The largest absolute Gasteiger partial charge is 0.504 e. The molecule has 0 aliphatic rings. The predicted molar refractivity (Wildman–Crippen MR) is 58.4 cm³/mol. The molecule has 0 unspecified atom stereocenters. The highest BCUT2D eigenvalue weighted by molar-refractivity contribution is 5.76. The summed E-state index contributed by atoms with van der Waals surface area (Å²) in [6.45, 7) is 0. The zero-order valence-electron chi connectivity index (χ0n) is 9.46. The molecule has 0 radical (unpaired) electrons. The lowest BCUT2D eigenvalue weighted by Crippen LogP contribution is -2.00. The summed E-state index contributed by atoms with van der Waals surface area (Å²) in [5.41, 5.74) is -2.13. The fraction of sp³-hybridized carbons (Fsp3) is 0. The van der Waals surface area contributed by atoms with Crippen molar-refractivity contribution in [3.05, 3.63) is 35.4 Å². The predicted octanol–water partition coefficient (Wildman–Crippen LogP) is 2.73. The van der Waals surface area contributed by atoms with Crippen LogP contribution in [0, 0.1) is 23.3 Å². The van der Waals surface area contributed by atoms with E-state index in [0.717, 1.165) is 12.1 Å². The molecule has 106 valence electrons. The molecule has 20 heavy (non-hydrogen) atoms. The van der Waals surface area contributed by atoms with E-state index in [9.17, 15) is 27.8 Å². The van der Waals surface area contributed by atoms with E-state index in [0.29, 0.717) is 0 Å². The third-order valence-electron chi connectivity index (χ3n) is 2.64. The van der Waals surface area contributed by atoms with Crippen LogP contribution < -0.4 is 0 Å². The molecule has 2 rings (SSSR count). The zero-order valence-corrected chi connectivity index (χ0v) is 9.46. The van der Waals surface area contributed by atoms with Crippen molar-refractivity contribution in [1.29, 1.82) is 0 Å². The topological polar surface area (TPSA) is 80.9 Å². The Bertz CT molecular complexity index is 686. The first-order valence-electron chi connectivity index (χ1n) is 5.06. The van der Waals surface area contributed by atoms with Gasteiger partial charge in [0.2, 0.25) is 17.4 Å². The summed E-state index contributed by atoms with van der Waals surface area (Å²) in [7, 11) is 0. The van der Waals surface area contributed by atoms with Crippen LogP contribution in [-0.4, -0.2) is 20.4 Å². The van der Waals surface area contributed by atoms with Crippen LogP contribution in [-0.2, 0) is 0 Å². The Balaban J connectivity index is 2.87. The lowest BCUT2D eigenvalue weighted by Gasteiger charge is -2.11. The van der Waals surface area contributed by atoms with E-state index < -0.39 is 57.4 Å². The van der Waals surface area contributed by atoms with Gasteiger partial charge in [0.1, 0.15) is 0 Å². The fourth-order valence-electron chi connectivity index (χ4n) is 1.63. The molecule has 2 aromatic carbocycles. The molecule has 0 amide bonds. The molecule has 0 heterocycles. The van der Waals surface area contributed by atoms with Gasteiger partial charge in [-0.15, -0.1) is 0 Å². The number of halogens is 4. The van der Waals surface area contributed by atoms with Gasteiger partial charge in [-0.25, -0.2) is 8.78 Å². The Morgan fingerprint density at radius 3 is 1.60 bits per heavy atom. The molecule has 0 spiro atoms. The molecule has 0 aliphatic heterocycles. The molecule has 4 nitrogen and oxygen atoms in total. The van der Waals surface area contributed by atoms with Crippen molar-refractivity contribution in [2.75, 3.05) is 0 Å². The number of hydrogen-bond donors (Lipinski definition) is 4.